The Hall–Kier alpha value is -0.0800. The number of hydrogen-bond donors (Lipinski definition) is 1. The summed E-state index contributed by atoms with van der Waals surface area (Å²) < 4.78 is 0. The molecule has 1 N–H and O–H groups in total. The minimum absolute atomic E-state index is 0.536. The van der Waals surface area contributed by atoms with Gasteiger partial charge in [0.05, 0.1) is 5.60 Å². The molecule has 0 bridgehead atoms. The second-order valence-corrected chi connectivity index (χ2v) is 5.34. The Bertz CT molecular complexity index is 160. The molecule has 0 aromatic rings. The van der Waals surface area contributed by atoms with Gasteiger partial charge in [-0.05, 0) is 38.6 Å². The fourth-order valence-corrected chi connectivity index (χ4v) is 2.10. The summed E-state index contributed by atoms with van der Waals surface area (Å²) in [5, 5.41) is 9.66. The molecule has 0 aromatic carbocycles. The third-order valence-electron chi connectivity index (χ3n) is 2.86. The van der Waals surface area contributed by atoms with Crippen molar-refractivity contribution in [2.45, 2.75) is 39.7 Å². The third kappa shape index (κ3) is 3.65. The molecule has 2 nitrogen and oxygen atoms in total. The topological polar surface area (TPSA) is 23.5 Å². The average molecular weight is 185 g/mol. The molecule has 1 heterocycles. The Morgan fingerprint density at radius 1 is 1.46 bits per heavy atom. The number of likely N-dealkylation sites (tertiary alicyclic amines) is 1. The van der Waals surface area contributed by atoms with Crippen LogP contribution in [0.1, 0.15) is 34.1 Å². The average Bonchev–Trinajstić information content (AvgIpc) is 2.31. The molecule has 1 saturated heterocycles. The highest BCUT2D eigenvalue weighted by atomic mass is 16.3. The lowest BCUT2D eigenvalue weighted by atomic mass is 9.95. The van der Waals surface area contributed by atoms with E-state index >= 15 is 0 Å². The van der Waals surface area contributed by atoms with Crippen molar-refractivity contribution in [3.63, 3.8) is 0 Å². The number of aliphatic hydroxyl groups is 1. The lowest BCUT2D eigenvalue weighted by Gasteiger charge is -2.25. The first-order chi connectivity index (χ1) is 5.88. The lowest BCUT2D eigenvalue weighted by Crippen LogP contribution is -2.37. The van der Waals surface area contributed by atoms with Gasteiger partial charge in [0.25, 0.3) is 0 Å². The molecular weight excluding hydrogens is 162 g/mol. The van der Waals surface area contributed by atoms with Gasteiger partial charge >= 0.3 is 0 Å². The standard InChI is InChI=1S/C11H23NO/c1-9(2)10-5-6-12(7-10)8-11(3,4)13/h9-10,13H,5-8H2,1-4H3. The van der Waals surface area contributed by atoms with Crippen LogP contribution in [-0.4, -0.2) is 35.2 Å². The number of nitrogens with zero attached hydrogens (tertiary/aromatic N) is 1. The predicted octanol–water partition coefficient (Wildman–Crippen LogP) is 1.74. The molecular formula is C11H23NO. The van der Waals surface area contributed by atoms with Crippen molar-refractivity contribution in [2.75, 3.05) is 19.6 Å². The fraction of sp³-hybridized carbons (Fsp3) is 1.00. The Labute approximate surface area is 81.9 Å². The fourth-order valence-electron chi connectivity index (χ4n) is 2.10. The highest BCUT2D eigenvalue weighted by molar-refractivity contribution is 4.81. The largest absolute Gasteiger partial charge is 0.389 e. The quantitative estimate of drug-likeness (QED) is 0.724. The Morgan fingerprint density at radius 3 is 2.46 bits per heavy atom. The minimum Gasteiger partial charge on any atom is -0.389 e. The van der Waals surface area contributed by atoms with E-state index in [-0.39, 0.29) is 0 Å². The van der Waals surface area contributed by atoms with E-state index in [9.17, 15) is 5.11 Å². The van der Waals surface area contributed by atoms with Gasteiger partial charge in [-0.3, -0.25) is 0 Å². The van der Waals surface area contributed by atoms with Crippen LogP contribution in [0.2, 0.25) is 0 Å². The van der Waals surface area contributed by atoms with Crippen molar-refractivity contribution >= 4 is 0 Å². The maximum Gasteiger partial charge on any atom is 0.0718 e. The Morgan fingerprint density at radius 2 is 2.08 bits per heavy atom. The SMILES string of the molecule is CC(C)C1CCN(CC(C)(C)O)C1. The molecule has 1 aliphatic heterocycles. The summed E-state index contributed by atoms with van der Waals surface area (Å²) in [5.74, 6) is 1.62. The summed E-state index contributed by atoms with van der Waals surface area (Å²) in [6, 6.07) is 0. The van der Waals surface area contributed by atoms with Gasteiger partial charge in [0.15, 0.2) is 0 Å². The molecule has 13 heavy (non-hydrogen) atoms. The maximum atomic E-state index is 9.66. The van der Waals surface area contributed by atoms with E-state index in [0.29, 0.717) is 0 Å². The maximum absolute atomic E-state index is 9.66. The van der Waals surface area contributed by atoms with Crippen LogP contribution in [0.5, 0.6) is 0 Å². The van der Waals surface area contributed by atoms with E-state index in [0.717, 1.165) is 24.9 Å². The van der Waals surface area contributed by atoms with Crippen molar-refractivity contribution in [3.8, 4) is 0 Å². The summed E-state index contributed by atoms with van der Waals surface area (Å²) in [6.45, 7) is 11.5. The molecule has 0 radical (unpaired) electrons. The van der Waals surface area contributed by atoms with E-state index in [1.165, 1.54) is 13.0 Å². The molecule has 1 rings (SSSR count). The second kappa shape index (κ2) is 3.97. The second-order valence-electron chi connectivity index (χ2n) is 5.34. The molecule has 1 aliphatic rings. The summed E-state index contributed by atoms with van der Waals surface area (Å²) >= 11 is 0. The van der Waals surface area contributed by atoms with Crippen LogP contribution < -0.4 is 0 Å². The summed E-state index contributed by atoms with van der Waals surface area (Å²) in [4.78, 5) is 2.38. The van der Waals surface area contributed by atoms with Gasteiger partial charge in [-0.2, -0.15) is 0 Å². The van der Waals surface area contributed by atoms with Gasteiger partial charge in [-0.25, -0.2) is 0 Å². The van der Waals surface area contributed by atoms with Gasteiger partial charge in [0.2, 0.25) is 0 Å². The first-order valence-electron chi connectivity index (χ1n) is 5.33. The van der Waals surface area contributed by atoms with E-state index in [1.54, 1.807) is 0 Å². The van der Waals surface area contributed by atoms with Crippen LogP contribution in [-0.2, 0) is 0 Å². The molecule has 0 spiro atoms. The van der Waals surface area contributed by atoms with Gasteiger partial charge in [0.1, 0.15) is 0 Å². The van der Waals surface area contributed by atoms with Crippen LogP contribution in [0.4, 0.5) is 0 Å². The van der Waals surface area contributed by atoms with Gasteiger partial charge in [-0.1, -0.05) is 13.8 Å². The van der Waals surface area contributed by atoms with Gasteiger partial charge in [0, 0.05) is 13.1 Å². The van der Waals surface area contributed by atoms with Crippen LogP contribution in [0.25, 0.3) is 0 Å². The summed E-state index contributed by atoms with van der Waals surface area (Å²) in [5.41, 5.74) is -0.536. The van der Waals surface area contributed by atoms with Crippen molar-refractivity contribution < 1.29 is 5.11 Å². The smallest absolute Gasteiger partial charge is 0.0718 e. The van der Waals surface area contributed by atoms with Gasteiger partial charge in [-0.15, -0.1) is 0 Å². The number of hydrogen-bond acceptors (Lipinski definition) is 2. The van der Waals surface area contributed by atoms with E-state index in [1.807, 2.05) is 13.8 Å². The zero-order valence-electron chi connectivity index (χ0n) is 9.38. The summed E-state index contributed by atoms with van der Waals surface area (Å²) in [7, 11) is 0. The summed E-state index contributed by atoms with van der Waals surface area (Å²) in [6.07, 6.45) is 1.30. The predicted molar refractivity (Wildman–Crippen MR) is 55.7 cm³/mol. The highest BCUT2D eigenvalue weighted by Crippen LogP contribution is 2.24. The van der Waals surface area contributed by atoms with Gasteiger partial charge < -0.3 is 10.0 Å². The van der Waals surface area contributed by atoms with Crippen molar-refractivity contribution in [2.24, 2.45) is 11.8 Å². The third-order valence-corrected chi connectivity index (χ3v) is 2.86. The molecule has 1 fully saturated rings. The van der Waals surface area contributed by atoms with Crippen LogP contribution in [0, 0.1) is 11.8 Å². The number of β-amino-alcohol motifs (C(OH)–C–C–N with tert-alkyl or cyclic N) is 1. The lowest BCUT2D eigenvalue weighted by molar-refractivity contribution is 0.0422. The Kier molecular flexibility index (Phi) is 3.36. The van der Waals surface area contributed by atoms with Crippen LogP contribution >= 0.6 is 0 Å². The van der Waals surface area contributed by atoms with Crippen LogP contribution in [0.15, 0.2) is 0 Å². The van der Waals surface area contributed by atoms with E-state index in [2.05, 4.69) is 18.7 Å². The number of rotatable bonds is 3. The van der Waals surface area contributed by atoms with Crippen molar-refractivity contribution in [3.05, 3.63) is 0 Å². The zero-order chi connectivity index (χ0) is 10.1. The molecule has 78 valence electrons. The molecule has 0 aliphatic carbocycles. The molecule has 0 amide bonds. The van der Waals surface area contributed by atoms with E-state index in [4.69, 9.17) is 0 Å². The molecule has 0 saturated carbocycles. The molecule has 1 atom stereocenters. The van der Waals surface area contributed by atoms with Crippen molar-refractivity contribution in [1.82, 2.24) is 4.90 Å². The van der Waals surface area contributed by atoms with Crippen molar-refractivity contribution in [1.29, 1.82) is 0 Å². The monoisotopic (exact) mass is 185 g/mol. The Balaban J connectivity index is 2.33. The first kappa shape index (κ1) is 11.0. The molecule has 0 aromatic heterocycles. The normalized spacial score (nSPS) is 25.8. The molecule has 2 heteroatoms. The minimum atomic E-state index is -0.536. The highest BCUT2D eigenvalue weighted by Gasteiger charge is 2.27. The molecule has 1 unspecified atom stereocenters. The first-order valence-corrected chi connectivity index (χ1v) is 5.33. The zero-order valence-corrected chi connectivity index (χ0v) is 9.38. The van der Waals surface area contributed by atoms with Crippen LogP contribution in [0.3, 0.4) is 0 Å². The van der Waals surface area contributed by atoms with E-state index < -0.39 is 5.60 Å².